The number of hydrogen-bond acceptors (Lipinski definition) is 2. The number of ether oxygens (including phenoxy) is 1. The van der Waals surface area contributed by atoms with Gasteiger partial charge in [-0.2, -0.15) is 0 Å². The summed E-state index contributed by atoms with van der Waals surface area (Å²) in [4.78, 5) is 11.5. The van der Waals surface area contributed by atoms with Crippen molar-refractivity contribution in [3.8, 4) is 0 Å². The molecule has 1 heterocycles. The van der Waals surface area contributed by atoms with Crippen LogP contribution in [-0.2, 0) is 9.53 Å². The Balaban J connectivity index is 2.46. The number of allylic oxidation sites excluding steroid dienone is 1. The third-order valence-electron chi connectivity index (χ3n) is 4.82. The molecule has 1 saturated heterocycles. The van der Waals surface area contributed by atoms with E-state index in [1.54, 1.807) is 0 Å². The number of carbonyl (C=O) groups excluding carboxylic acids is 1. The van der Waals surface area contributed by atoms with Gasteiger partial charge in [-0.1, -0.05) is 26.8 Å². The van der Waals surface area contributed by atoms with Crippen LogP contribution in [0.1, 0.15) is 40.5 Å². The third-order valence-corrected chi connectivity index (χ3v) is 4.82. The molecule has 90 valence electrons. The maximum absolute atomic E-state index is 11.5. The van der Waals surface area contributed by atoms with Gasteiger partial charge >= 0.3 is 0 Å². The minimum absolute atomic E-state index is 0.0712. The minimum atomic E-state index is -0.0712. The van der Waals surface area contributed by atoms with E-state index in [4.69, 9.17) is 4.74 Å². The van der Waals surface area contributed by atoms with Crippen molar-refractivity contribution in [1.82, 2.24) is 0 Å². The lowest BCUT2D eigenvalue weighted by molar-refractivity contribution is -0.127. The predicted octanol–water partition coefficient (Wildman–Crippen LogP) is 2.97. The summed E-state index contributed by atoms with van der Waals surface area (Å²) in [6.07, 6.45) is 5.68. The lowest BCUT2D eigenvalue weighted by atomic mass is 9.54. The van der Waals surface area contributed by atoms with Crippen molar-refractivity contribution in [2.24, 2.45) is 16.7 Å². The van der Waals surface area contributed by atoms with Crippen LogP contribution in [0.2, 0.25) is 0 Å². The van der Waals surface area contributed by atoms with Crippen molar-refractivity contribution < 1.29 is 9.53 Å². The van der Waals surface area contributed by atoms with Crippen LogP contribution >= 0.6 is 0 Å². The first-order chi connectivity index (χ1) is 7.46. The van der Waals surface area contributed by atoms with Gasteiger partial charge < -0.3 is 9.53 Å². The van der Waals surface area contributed by atoms with Gasteiger partial charge in [0.1, 0.15) is 6.29 Å². The first-order valence-electron chi connectivity index (χ1n) is 6.19. The van der Waals surface area contributed by atoms with Gasteiger partial charge in [0.25, 0.3) is 0 Å². The topological polar surface area (TPSA) is 26.3 Å². The molecule has 2 fully saturated rings. The molecule has 1 aliphatic heterocycles. The van der Waals surface area contributed by atoms with Gasteiger partial charge in [-0.05, 0) is 30.8 Å². The second kappa shape index (κ2) is 3.69. The van der Waals surface area contributed by atoms with E-state index in [0.29, 0.717) is 6.61 Å². The smallest absolute Gasteiger partial charge is 0.124 e. The largest absolute Gasteiger partial charge is 0.373 e. The number of rotatable bonds is 1. The molecule has 2 heteroatoms. The van der Waals surface area contributed by atoms with Gasteiger partial charge in [-0.25, -0.2) is 0 Å². The highest BCUT2D eigenvalue weighted by Gasteiger charge is 2.56. The van der Waals surface area contributed by atoms with Crippen LogP contribution in [0, 0.1) is 16.7 Å². The Labute approximate surface area is 98.1 Å². The summed E-state index contributed by atoms with van der Waals surface area (Å²) in [5, 5.41) is 0. The van der Waals surface area contributed by atoms with Gasteiger partial charge in [-0.3, -0.25) is 0 Å². The van der Waals surface area contributed by atoms with Crippen molar-refractivity contribution in [1.29, 1.82) is 0 Å². The lowest BCUT2D eigenvalue weighted by Gasteiger charge is -2.49. The molecule has 0 aromatic heterocycles. The summed E-state index contributed by atoms with van der Waals surface area (Å²) >= 11 is 0. The van der Waals surface area contributed by atoms with Gasteiger partial charge in [0.2, 0.25) is 0 Å². The van der Waals surface area contributed by atoms with Crippen molar-refractivity contribution in [2.75, 3.05) is 6.61 Å². The molecule has 0 N–H and O–H groups in total. The molecule has 0 bridgehead atoms. The Kier molecular flexibility index (Phi) is 2.73. The van der Waals surface area contributed by atoms with Gasteiger partial charge in [0, 0.05) is 11.3 Å². The molecular formula is C14H22O2. The third kappa shape index (κ3) is 1.39. The fraction of sp³-hybridized carbons (Fsp3) is 0.786. The molecule has 0 spiro atoms. The zero-order valence-corrected chi connectivity index (χ0v) is 10.7. The molecule has 0 aromatic rings. The molecule has 3 atom stereocenters. The van der Waals surface area contributed by atoms with Gasteiger partial charge in [-0.15, -0.1) is 0 Å². The van der Waals surface area contributed by atoms with Crippen molar-refractivity contribution in [3.63, 3.8) is 0 Å². The Morgan fingerprint density at radius 2 is 2.06 bits per heavy atom. The lowest BCUT2D eigenvalue weighted by Crippen LogP contribution is -2.49. The van der Waals surface area contributed by atoms with Crippen LogP contribution in [0.25, 0.3) is 0 Å². The molecule has 2 rings (SSSR count). The molecule has 0 unspecified atom stereocenters. The van der Waals surface area contributed by atoms with E-state index in [1.807, 2.05) is 0 Å². The molecule has 0 amide bonds. The standard InChI is InChI=1S/C14H22O2/c1-5-10-9-16-12-6-7-13(2,3)11(8-15)14(10,12)4/h5,8,11-12H,6-7,9H2,1-4H3/b10-5+/t11-,12-,14+/m0/s1. The summed E-state index contributed by atoms with van der Waals surface area (Å²) in [7, 11) is 0. The minimum Gasteiger partial charge on any atom is -0.373 e. The monoisotopic (exact) mass is 222 g/mol. The first-order valence-corrected chi connectivity index (χ1v) is 6.19. The molecule has 1 aliphatic carbocycles. The normalized spacial score (nSPS) is 44.4. The van der Waals surface area contributed by atoms with Gasteiger partial charge in [0.15, 0.2) is 0 Å². The van der Waals surface area contributed by atoms with E-state index in [-0.39, 0.29) is 22.9 Å². The quantitative estimate of drug-likeness (QED) is 0.503. The van der Waals surface area contributed by atoms with E-state index >= 15 is 0 Å². The average molecular weight is 222 g/mol. The summed E-state index contributed by atoms with van der Waals surface area (Å²) < 4.78 is 5.86. The van der Waals surface area contributed by atoms with Crippen LogP contribution in [0.5, 0.6) is 0 Å². The van der Waals surface area contributed by atoms with Crippen molar-refractivity contribution in [3.05, 3.63) is 11.6 Å². The maximum Gasteiger partial charge on any atom is 0.124 e. The predicted molar refractivity (Wildman–Crippen MR) is 64.2 cm³/mol. The number of aldehydes is 1. The van der Waals surface area contributed by atoms with E-state index in [2.05, 4.69) is 33.8 Å². The molecule has 1 saturated carbocycles. The maximum atomic E-state index is 11.5. The van der Waals surface area contributed by atoms with E-state index < -0.39 is 0 Å². The van der Waals surface area contributed by atoms with Crippen LogP contribution in [0.4, 0.5) is 0 Å². The molecule has 2 nitrogen and oxygen atoms in total. The summed E-state index contributed by atoms with van der Waals surface area (Å²) in [5.74, 6) is 0.0763. The second-order valence-electron chi connectivity index (χ2n) is 6.04. The van der Waals surface area contributed by atoms with Gasteiger partial charge in [0.05, 0.1) is 12.7 Å². The zero-order chi connectivity index (χ0) is 12.0. The summed E-state index contributed by atoms with van der Waals surface area (Å²) in [6, 6.07) is 0. The van der Waals surface area contributed by atoms with E-state index in [1.165, 1.54) is 5.57 Å². The average Bonchev–Trinajstić information content (AvgIpc) is 2.53. The SMILES string of the molecule is C/C=C1\CO[C@H]2CCC(C)(C)[C@H](C=O)[C@@]12C. The number of hydrogen-bond donors (Lipinski definition) is 0. The molecule has 16 heavy (non-hydrogen) atoms. The Bertz CT molecular complexity index is 330. The Morgan fingerprint density at radius 3 is 2.62 bits per heavy atom. The zero-order valence-electron chi connectivity index (χ0n) is 10.7. The first kappa shape index (κ1) is 11.8. The molecule has 2 aliphatic rings. The van der Waals surface area contributed by atoms with Crippen LogP contribution < -0.4 is 0 Å². The molecule has 0 radical (unpaired) electrons. The number of carbonyl (C=O) groups is 1. The second-order valence-corrected chi connectivity index (χ2v) is 6.04. The molecular weight excluding hydrogens is 200 g/mol. The van der Waals surface area contributed by atoms with E-state index in [0.717, 1.165) is 19.1 Å². The number of fused-ring (bicyclic) bond motifs is 1. The Hall–Kier alpha value is -0.630. The van der Waals surface area contributed by atoms with Crippen LogP contribution in [0.3, 0.4) is 0 Å². The fourth-order valence-corrected chi connectivity index (χ4v) is 3.70. The highest BCUT2D eigenvalue weighted by molar-refractivity contribution is 5.59. The molecule has 0 aromatic carbocycles. The van der Waals surface area contributed by atoms with Crippen molar-refractivity contribution >= 4 is 6.29 Å². The highest BCUT2D eigenvalue weighted by Crippen LogP contribution is 2.57. The van der Waals surface area contributed by atoms with Crippen molar-refractivity contribution in [2.45, 2.75) is 46.6 Å². The highest BCUT2D eigenvalue weighted by atomic mass is 16.5. The summed E-state index contributed by atoms with van der Waals surface area (Å²) in [5.41, 5.74) is 1.33. The fourth-order valence-electron chi connectivity index (χ4n) is 3.70. The van der Waals surface area contributed by atoms with Crippen LogP contribution in [-0.4, -0.2) is 19.0 Å². The van der Waals surface area contributed by atoms with E-state index in [9.17, 15) is 4.79 Å². The van der Waals surface area contributed by atoms with Crippen LogP contribution in [0.15, 0.2) is 11.6 Å². The summed E-state index contributed by atoms with van der Waals surface area (Å²) in [6.45, 7) is 9.38. The Morgan fingerprint density at radius 1 is 1.38 bits per heavy atom.